The van der Waals surface area contributed by atoms with Crippen LogP contribution in [0.3, 0.4) is 0 Å². The van der Waals surface area contributed by atoms with Gasteiger partial charge in [0.05, 0.1) is 5.75 Å². The number of hydrogen-bond donors (Lipinski definition) is 1. The Morgan fingerprint density at radius 1 is 1.57 bits per heavy atom. The second kappa shape index (κ2) is 4.46. The molecule has 1 unspecified atom stereocenters. The number of sulfonamides is 1. The van der Waals surface area contributed by atoms with E-state index in [1.54, 1.807) is 0 Å². The number of hydrogen-bond acceptors (Lipinski definition) is 3. The van der Waals surface area contributed by atoms with Crippen molar-refractivity contribution in [2.75, 3.05) is 18.2 Å². The van der Waals surface area contributed by atoms with Crippen LogP contribution in [0, 0.1) is 0 Å². The zero-order chi connectivity index (χ0) is 10.8. The van der Waals surface area contributed by atoms with Gasteiger partial charge in [0.25, 0.3) is 0 Å². The van der Waals surface area contributed by atoms with Crippen LogP contribution >= 0.6 is 11.6 Å². The van der Waals surface area contributed by atoms with Crippen molar-refractivity contribution < 1.29 is 13.2 Å². The number of nitrogens with two attached hydrogens (primary N) is 1. The Kier molecular flexibility index (Phi) is 3.74. The predicted octanol–water partition coefficient (Wildman–Crippen LogP) is -0.495. The van der Waals surface area contributed by atoms with Crippen LogP contribution in [-0.2, 0) is 14.8 Å². The van der Waals surface area contributed by atoms with Gasteiger partial charge in [0, 0.05) is 12.4 Å². The lowest BCUT2D eigenvalue weighted by Gasteiger charge is -2.37. The van der Waals surface area contributed by atoms with Crippen LogP contribution < -0.4 is 5.73 Å². The molecule has 0 aliphatic carbocycles. The molecule has 5 nitrogen and oxygen atoms in total. The van der Waals surface area contributed by atoms with E-state index in [1.807, 2.05) is 0 Å². The topological polar surface area (TPSA) is 80.5 Å². The first kappa shape index (κ1) is 11.7. The van der Waals surface area contributed by atoms with Crippen LogP contribution in [0.5, 0.6) is 0 Å². The van der Waals surface area contributed by atoms with Gasteiger partial charge in [0.2, 0.25) is 15.9 Å². The summed E-state index contributed by atoms with van der Waals surface area (Å²) in [6, 6.07) is -0.643. The molecule has 0 bridgehead atoms. The summed E-state index contributed by atoms with van der Waals surface area (Å²) in [6.45, 7) is 0.387. The van der Waals surface area contributed by atoms with Gasteiger partial charge in [0.15, 0.2) is 0 Å². The van der Waals surface area contributed by atoms with Gasteiger partial charge in [-0.25, -0.2) is 8.42 Å². The largest absolute Gasteiger partial charge is 0.368 e. The molecule has 1 amide bonds. The van der Waals surface area contributed by atoms with Gasteiger partial charge >= 0.3 is 0 Å². The third-order valence-electron chi connectivity index (χ3n) is 2.19. The molecule has 1 saturated heterocycles. The molecule has 0 aromatic heterocycles. The van der Waals surface area contributed by atoms with Crippen LogP contribution in [0.1, 0.15) is 12.8 Å². The fraction of sp³-hybridized carbons (Fsp3) is 0.857. The highest BCUT2D eigenvalue weighted by molar-refractivity contribution is 7.89. The van der Waals surface area contributed by atoms with Crippen molar-refractivity contribution in [2.45, 2.75) is 18.9 Å². The molecule has 0 saturated carbocycles. The number of carbonyl (C=O) groups excluding carboxylic acids is 1. The maximum absolute atomic E-state index is 11.5. The highest BCUT2D eigenvalue weighted by Crippen LogP contribution is 2.22. The maximum Gasteiger partial charge on any atom is 0.235 e. The van der Waals surface area contributed by atoms with Crippen LogP contribution in [0.4, 0.5) is 0 Å². The van der Waals surface area contributed by atoms with Crippen LogP contribution in [-0.4, -0.2) is 42.8 Å². The van der Waals surface area contributed by atoms with E-state index in [-0.39, 0.29) is 5.75 Å². The molecule has 1 rings (SSSR count). The number of carbonyl (C=O) groups is 1. The zero-order valence-electron chi connectivity index (χ0n) is 7.65. The highest BCUT2D eigenvalue weighted by Gasteiger charge is 2.40. The lowest BCUT2D eigenvalue weighted by Crippen LogP contribution is -2.57. The summed E-state index contributed by atoms with van der Waals surface area (Å²) >= 11 is 5.40. The summed E-state index contributed by atoms with van der Waals surface area (Å²) in [5.41, 5.74) is 5.04. The second-order valence-corrected chi connectivity index (χ2v) is 5.60. The smallest absolute Gasteiger partial charge is 0.235 e. The average molecular weight is 241 g/mol. The summed E-state index contributed by atoms with van der Waals surface area (Å²) < 4.78 is 24.2. The second-order valence-electron chi connectivity index (χ2n) is 3.18. The number of nitrogens with zero attached hydrogens (tertiary/aromatic N) is 1. The Balaban J connectivity index is 2.60. The maximum atomic E-state index is 11.5. The molecule has 0 aromatic carbocycles. The Bertz CT molecular complexity index is 317. The van der Waals surface area contributed by atoms with E-state index in [0.717, 1.165) is 4.31 Å². The normalized spacial score (nSPS) is 23.1. The van der Waals surface area contributed by atoms with Crippen molar-refractivity contribution in [1.29, 1.82) is 0 Å². The van der Waals surface area contributed by atoms with E-state index in [9.17, 15) is 13.2 Å². The van der Waals surface area contributed by atoms with E-state index < -0.39 is 22.0 Å². The lowest BCUT2D eigenvalue weighted by molar-refractivity contribution is -0.124. The monoisotopic (exact) mass is 240 g/mol. The van der Waals surface area contributed by atoms with Gasteiger partial charge in [-0.15, -0.1) is 11.6 Å². The van der Waals surface area contributed by atoms with Crippen molar-refractivity contribution in [3.05, 3.63) is 0 Å². The summed E-state index contributed by atoms with van der Waals surface area (Å²) in [7, 11) is -3.33. The average Bonchev–Trinajstić information content (AvgIpc) is 1.96. The SMILES string of the molecule is NC(=O)C1CCN1S(=O)(=O)CCCCl. The third kappa shape index (κ3) is 2.37. The van der Waals surface area contributed by atoms with Crippen LogP contribution in [0.2, 0.25) is 0 Å². The van der Waals surface area contributed by atoms with Crippen molar-refractivity contribution in [1.82, 2.24) is 4.31 Å². The van der Waals surface area contributed by atoms with Gasteiger partial charge in [0.1, 0.15) is 6.04 Å². The number of alkyl halides is 1. The fourth-order valence-electron chi connectivity index (χ4n) is 1.33. The van der Waals surface area contributed by atoms with E-state index >= 15 is 0 Å². The number of primary amides is 1. The number of halogens is 1. The van der Waals surface area contributed by atoms with Crippen LogP contribution in [0.25, 0.3) is 0 Å². The Morgan fingerprint density at radius 3 is 2.57 bits per heavy atom. The Hall–Kier alpha value is -0.330. The first-order chi connectivity index (χ1) is 6.49. The minimum atomic E-state index is -3.33. The molecule has 0 aromatic rings. The van der Waals surface area contributed by atoms with Gasteiger partial charge < -0.3 is 5.73 Å². The molecule has 0 spiro atoms. The standard InChI is InChI=1S/C7H13ClN2O3S/c8-3-1-5-14(12,13)10-4-2-6(10)7(9)11/h6H,1-5H2,(H2,9,11). The minimum absolute atomic E-state index is 0.0136. The first-order valence-electron chi connectivity index (χ1n) is 4.34. The Labute approximate surface area is 88.2 Å². The first-order valence-corrected chi connectivity index (χ1v) is 6.48. The number of rotatable bonds is 5. The highest BCUT2D eigenvalue weighted by atomic mass is 35.5. The fourth-order valence-corrected chi connectivity index (χ4v) is 3.35. The van der Waals surface area contributed by atoms with Crippen molar-refractivity contribution in [2.24, 2.45) is 5.73 Å². The molecule has 1 heterocycles. The molecule has 7 heteroatoms. The van der Waals surface area contributed by atoms with Crippen LogP contribution in [0.15, 0.2) is 0 Å². The lowest BCUT2D eigenvalue weighted by atomic mass is 10.1. The van der Waals surface area contributed by atoms with E-state index in [4.69, 9.17) is 17.3 Å². The van der Waals surface area contributed by atoms with Gasteiger partial charge in [-0.2, -0.15) is 4.31 Å². The summed E-state index contributed by atoms with van der Waals surface area (Å²) in [4.78, 5) is 10.8. The van der Waals surface area contributed by atoms with Gasteiger partial charge in [-0.05, 0) is 12.8 Å². The van der Waals surface area contributed by atoms with Crippen molar-refractivity contribution in [3.8, 4) is 0 Å². The molecule has 1 aliphatic rings. The summed E-state index contributed by atoms with van der Waals surface area (Å²) in [6.07, 6.45) is 0.918. The summed E-state index contributed by atoms with van der Waals surface area (Å²) in [5, 5.41) is 0. The Morgan fingerprint density at radius 2 is 2.21 bits per heavy atom. The third-order valence-corrected chi connectivity index (χ3v) is 4.42. The van der Waals surface area contributed by atoms with Gasteiger partial charge in [-0.1, -0.05) is 0 Å². The van der Waals surface area contributed by atoms with E-state index in [0.29, 0.717) is 25.3 Å². The quantitative estimate of drug-likeness (QED) is 0.659. The molecule has 1 aliphatic heterocycles. The molecular formula is C7H13ClN2O3S. The zero-order valence-corrected chi connectivity index (χ0v) is 9.22. The predicted molar refractivity (Wildman–Crippen MR) is 53.4 cm³/mol. The van der Waals surface area contributed by atoms with E-state index in [1.165, 1.54) is 0 Å². The molecule has 1 fully saturated rings. The van der Waals surface area contributed by atoms with Crippen molar-refractivity contribution in [3.63, 3.8) is 0 Å². The van der Waals surface area contributed by atoms with Gasteiger partial charge in [-0.3, -0.25) is 4.79 Å². The molecule has 1 atom stereocenters. The molecular weight excluding hydrogens is 228 g/mol. The summed E-state index contributed by atoms with van der Waals surface area (Å²) in [5.74, 6) is -0.292. The molecule has 2 N–H and O–H groups in total. The minimum Gasteiger partial charge on any atom is -0.368 e. The molecule has 0 radical (unpaired) electrons. The number of amides is 1. The van der Waals surface area contributed by atoms with Crippen molar-refractivity contribution >= 4 is 27.5 Å². The molecule has 14 heavy (non-hydrogen) atoms. The molecule has 82 valence electrons. The van der Waals surface area contributed by atoms with E-state index in [2.05, 4.69) is 0 Å².